The fourth-order valence-corrected chi connectivity index (χ4v) is 2.01. The molecule has 1 rings (SSSR count). The third-order valence-corrected chi connectivity index (χ3v) is 2.93. The molecule has 1 atom stereocenters. The average molecular weight is 273 g/mol. The van der Waals surface area contributed by atoms with Crippen molar-refractivity contribution >= 4 is 6.09 Å². The summed E-state index contributed by atoms with van der Waals surface area (Å²) in [5.41, 5.74) is 5.32. The Labute approximate surface area is 115 Å². The van der Waals surface area contributed by atoms with Gasteiger partial charge in [-0.2, -0.15) is 0 Å². The van der Waals surface area contributed by atoms with Gasteiger partial charge in [-0.05, 0) is 27.2 Å². The molecule has 0 radical (unpaired) electrons. The summed E-state index contributed by atoms with van der Waals surface area (Å²) >= 11 is 0. The molecule has 1 fully saturated rings. The predicted octanol–water partition coefficient (Wildman–Crippen LogP) is 0.561. The molecule has 0 aromatic rings. The van der Waals surface area contributed by atoms with Gasteiger partial charge in [0, 0.05) is 38.8 Å². The van der Waals surface area contributed by atoms with Crippen LogP contribution in [0.15, 0.2) is 0 Å². The molecule has 19 heavy (non-hydrogen) atoms. The molecule has 0 bridgehead atoms. The molecule has 1 amide bonds. The van der Waals surface area contributed by atoms with Crippen molar-refractivity contribution in [2.24, 2.45) is 5.73 Å². The molecule has 1 saturated heterocycles. The van der Waals surface area contributed by atoms with Crippen LogP contribution in [-0.4, -0.2) is 62.0 Å². The van der Waals surface area contributed by atoms with Gasteiger partial charge in [0.05, 0.1) is 6.61 Å². The summed E-state index contributed by atoms with van der Waals surface area (Å²) in [4.78, 5) is 13.9. The number of ether oxygens (including phenoxy) is 2. The molecule has 0 spiro atoms. The average Bonchev–Trinajstić information content (AvgIpc) is 2.56. The number of rotatable bonds is 4. The molecule has 6 nitrogen and oxygen atoms in total. The zero-order valence-electron chi connectivity index (χ0n) is 12.3. The Bertz CT molecular complexity index is 271. The zero-order valence-corrected chi connectivity index (χ0v) is 12.3. The Morgan fingerprint density at radius 2 is 2.16 bits per heavy atom. The van der Waals surface area contributed by atoms with E-state index in [2.05, 4.69) is 10.2 Å². The first-order valence-electron chi connectivity index (χ1n) is 6.91. The molecule has 112 valence electrons. The fraction of sp³-hybridized carbons (Fsp3) is 0.923. The molecule has 1 heterocycles. The number of nitrogens with zero attached hydrogens (tertiary/aromatic N) is 1. The summed E-state index contributed by atoms with van der Waals surface area (Å²) < 4.78 is 10.6. The second-order valence-corrected chi connectivity index (χ2v) is 5.77. The van der Waals surface area contributed by atoms with Gasteiger partial charge in [-0.1, -0.05) is 0 Å². The minimum absolute atomic E-state index is 0.134. The van der Waals surface area contributed by atoms with Gasteiger partial charge in [-0.15, -0.1) is 0 Å². The molecule has 1 aliphatic heterocycles. The van der Waals surface area contributed by atoms with Crippen molar-refractivity contribution in [1.82, 2.24) is 10.2 Å². The van der Waals surface area contributed by atoms with Gasteiger partial charge in [-0.3, -0.25) is 4.90 Å². The van der Waals surface area contributed by atoms with Gasteiger partial charge < -0.3 is 20.5 Å². The van der Waals surface area contributed by atoms with Gasteiger partial charge in [0.15, 0.2) is 0 Å². The third-order valence-electron chi connectivity index (χ3n) is 2.93. The topological polar surface area (TPSA) is 76.8 Å². The largest absolute Gasteiger partial charge is 0.444 e. The Kier molecular flexibility index (Phi) is 6.54. The molecule has 0 saturated carbocycles. The number of hydrogen-bond donors (Lipinski definition) is 2. The summed E-state index contributed by atoms with van der Waals surface area (Å²) in [5.74, 6) is 0. The van der Waals surface area contributed by atoms with E-state index in [0.29, 0.717) is 13.1 Å². The van der Waals surface area contributed by atoms with Gasteiger partial charge >= 0.3 is 6.09 Å². The van der Waals surface area contributed by atoms with E-state index in [1.807, 2.05) is 20.8 Å². The predicted molar refractivity (Wildman–Crippen MR) is 74.1 cm³/mol. The zero-order chi connectivity index (χ0) is 14.3. The second kappa shape index (κ2) is 7.67. The van der Waals surface area contributed by atoms with Crippen molar-refractivity contribution in [2.45, 2.75) is 38.8 Å². The van der Waals surface area contributed by atoms with E-state index in [-0.39, 0.29) is 6.04 Å². The maximum absolute atomic E-state index is 11.6. The summed E-state index contributed by atoms with van der Waals surface area (Å²) in [5, 5.41) is 2.78. The van der Waals surface area contributed by atoms with Crippen LogP contribution in [0.1, 0.15) is 27.2 Å². The van der Waals surface area contributed by atoms with Gasteiger partial charge in [0.2, 0.25) is 0 Å². The summed E-state index contributed by atoms with van der Waals surface area (Å²) in [6.45, 7) is 9.89. The Morgan fingerprint density at radius 3 is 2.79 bits per heavy atom. The Balaban J connectivity index is 2.37. The number of amides is 1. The van der Waals surface area contributed by atoms with Crippen molar-refractivity contribution < 1.29 is 14.3 Å². The lowest BCUT2D eigenvalue weighted by atomic mass is 10.2. The van der Waals surface area contributed by atoms with Crippen LogP contribution in [0.4, 0.5) is 4.79 Å². The third kappa shape index (κ3) is 6.75. The highest BCUT2D eigenvalue weighted by atomic mass is 16.6. The smallest absolute Gasteiger partial charge is 0.407 e. The second-order valence-electron chi connectivity index (χ2n) is 5.77. The highest BCUT2D eigenvalue weighted by molar-refractivity contribution is 5.67. The minimum Gasteiger partial charge on any atom is -0.444 e. The van der Waals surface area contributed by atoms with Crippen LogP contribution in [0.5, 0.6) is 0 Å². The minimum atomic E-state index is -0.473. The number of nitrogens with two attached hydrogens (primary N) is 1. The molecule has 3 N–H and O–H groups in total. The standard InChI is InChI=1S/C13H27N3O3/c1-13(2,3)19-12(17)15-10-11(9-14)16-5-4-7-18-8-6-16/h11H,4-10,14H2,1-3H3,(H,15,17). The first-order chi connectivity index (χ1) is 8.92. The normalized spacial score (nSPS) is 19.6. The van der Waals surface area contributed by atoms with Gasteiger partial charge in [-0.25, -0.2) is 4.79 Å². The first kappa shape index (κ1) is 16.2. The number of alkyl carbamates (subject to hydrolysis) is 1. The molecule has 1 aliphatic rings. The Hall–Kier alpha value is -0.850. The van der Waals surface area contributed by atoms with Crippen LogP contribution in [-0.2, 0) is 9.47 Å². The molecule has 1 unspecified atom stereocenters. The van der Waals surface area contributed by atoms with E-state index in [1.165, 1.54) is 0 Å². The van der Waals surface area contributed by atoms with Crippen molar-refractivity contribution in [3.63, 3.8) is 0 Å². The molecule has 6 heteroatoms. The van der Waals surface area contributed by atoms with Crippen LogP contribution in [0.25, 0.3) is 0 Å². The summed E-state index contributed by atoms with van der Waals surface area (Å²) in [7, 11) is 0. The molecular weight excluding hydrogens is 246 g/mol. The van der Waals surface area contributed by atoms with Crippen molar-refractivity contribution in [3.05, 3.63) is 0 Å². The number of carbonyl (C=O) groups is 1. The lowest BCUT2D eigenvalue weighted by molar-refractivity contribution is 0.0507. The highest BCUT2D eigenvalue weighted by Crippen LogP contribution is 2.07. The van der Waals surface area contributed by atoms with Crippen molar-refractivity contribution in [3.8, 4) is 0 Å². The maximum atomic E-state index is 11.6. The van der Waals surface area contributed by atoms with E-state index >= 15 is 0 Å². The molecule has 0 aromatic carbocycles. The highest BCUT2D eigenvalue weighted by Gasteiger charge is 2.21. The van der Waals surface area contributed by atoms with Gasteiger partial charge in [0.25, 0.3) is 0 Å². The van der Waals surface area contributed by atoms with Gasteiger partial charge in [0.1, 0.15) is 5.60 Å². The van der Waals surface area contributed by atoms with Crippen molar-refractivity contribution in [2.75, 3.05) is 39.4 Å². The van der Waals surface area contributed by atoms with E-state index in [0.717, 1.165) is 32.7 Å². The fourth-order valence-electron chi connectivity index (χ4n) is 2.01. The number of hydrogen-bond acceptors (Lipinski definition) is 5. The first-order valence-corrected chi connectivity index (χ1v) is 6.91. The van der Waals surface area contributed by atoms with Crippen LogP contribution in [0, 0.1) is 0 Å². The lowest BCUT2D eigenvalue weighted by Crippen LogP contribution is -2.49. The quantitative estimate of drug-likeness (QED) is 0.782. The summed E-state index contributed by atoms with van der Waals surface area (Å²) in [6, 6.07) is 0.134. The van der Waals surface area contributed by atoms with E-state index < -0.39 is 11.7 Å². The van der Waals surface area contributed by atoms with Crippen LogP contribution >= 0.6 is 0 Å². The monoisotopic (exact) mass is 273 g/mol. The van der Waals surface area contributed by atoms with Crippen LogP contribution in [0.3, 0.4) is 0 Å². The molecule has 0 aliphatic carbocycles. The van der Waals surface area contributed by atoms with E-state index in [1.54, 1.807) is 0 Å². The number of carbonyl (C=O) groups excluding carboxylic acids is 1. The maximum Gasteiger partial charge on any atom is 0.407 e. The SMILES string of the molecule is CC(C)(C)OC(=O)NCC(CN)N1CCCOCC1. The molecular formula is C13H27N3O3. The summed E-state index contributed by atoms with van der Waals surface area (Å²) in [6.07, 6.45) is 0.611. The van der Waals surface area contributed by atoms with Crippen LogP contribution < -0.4 is 11.1 Å². The number of nitrogens with one attached hydrogen (secondary N) is 1. The van der Waals surface area contributed by atoms with E-state index in [9.17, 15) is 4.79 Å². The van der Waals surface area contributed by atoms with Crippen molar-refractivity contribution in [1.29, 1.82) is 0 Å². The van der Waals surface area contributed by atoms with E-state index in [4.69, 9.17) is 15.2 Å². The molecule has 0 aromatic heterocycles. The lowest BCUT2D eigenvalue weighted by Gasteiger charge is -2.29. The van der Waals surface area contributed by atoms with Crippen LogP contribution in [0.2, 0.25) is 0 Å². The Morgan fingerprint density at radius 1 is 1.42 bits per heavy atom.